The van der Waals surface area contributed by atoms with Gasteiger partial charge in [0.1, 0.15) is 11.5 Å². The second-order valence-electron chi connectivity index (χ2n) is 6.11. The summed E-state index contributed by atoms with van der Waals surface area (Å²) in [4.78, 5) is 13.0. The number of benzene rings is 2. The summed E-state index contributed by atoms with van der Waals surface area (Å²) < 4.78 is 11.3. The van der Waals surface area contributed by atoms with Gasteiger partial charge in [-0.1, -0.05) is 6.07 Å². The van der Waals surface area contributed by atoms with Gasteiger partial charge in [-0.2, -0.15) is 0 Å². The van der Waals surface area contributed by atoms with Crippen molar-refractivity contribution in [1.82, 2.24) is 0 Å². The van der Waals surface area contributed by atoms with E-state index in [0.717, 1.165) is 33.5 Å². The Labute approximate surface area is 170 Å². The van der Waals surface area contributed by atoms with Crippen LogP contribution in [0, 0.1) is 27.7 Å². The molecular weight excluding hydrogens is 338 g/mol. The quantitative estimate of drug-likeness (QED) is 0.544. The van der Waals surface area contributed by atoms with Crippen molar-refractivity contribution in [3.8, 4) is 11.5 Å². The van der Waals surface area contributed by atoms with Crippen LogP contribution < -0.4 is 14.8 Å². The molecule has 1 atom stereocenters. The van der Waals surface area contributed by atoms with Gasteiger partial charge in [-0.05, 0) is 84.5 Å². The van der Waals surface area contributed by atoms with E-state index in [4.69, 9.17) is 9.47 Å². The zero-order chi connectivity index (χ0) is 18.6. The summed E-state index contributed by atoms with van der Waals surface area (Å²) >= 11 is 0. The summed E-state index contributed by atoms with van der Waals surface area (Å²) in [5, 5.41) is 0.923. The number of hydrogen-bond acceptors (Lipinski definition) is 3. The Morgan fingerprint density at radius 2 is 1.58 bits per heavy atom. The van der Waals surface area contributed by atoms with E-state index in [1.807, 2.05) is 45.9 Å². The van der Waals surface area contributed by atoms with Crippen molar-refractivity contribution in [2.45, 2.75) is 41.5 Å². The van der Waals surface area contributed by atoms with E-state index in [9.17, 15) is 4.79 Å². The fourth-order valence-corrected chi connectivity index (χ4v) is 4.14. The molecule has 2 rings (SSSR count). The normalized spacial score (nSPS) is 10.7. The molecule has 3 nitrogen and oxygen atoms in total. The van der Waals surface area contributed by atoms with Crippen LogP contribution in [0.5, 0.6) is 11.5 Å². The van der Waals surface area contributed by atoms with E-state index >= 15 is 0 Å². The van der Waals surface area contributed by atoms with Crippen molar-refractivity contribution in [2.24, 2.45) is 0 Å². The molecular formula is C21H28LiO3P. The van der Waals surface area contributed by atoms with Gasteiger partial charge in [0.25, 0.3) is 0 Å². The van der Waals surface area contributed by atoms with Gasteiger partial charge in [0.15, 0.2) is 5.52 Å². The number of hydrogen-bond donors (Lipinski definition) is 0. The molecule has 0 bridgehead atoms. The zero-order valence-corrected chi connectivity index (χ0v) is 16.9. The van der Waals surface area contributed by atoms with Crippen LogP contribution in [0.3, 0.4) is 0 Å². The molecule has 0 radical (unpaired) electrons. The van der Waals surface area contributed by atoms with E-state index in [-0.39, 0.29) is 33.0 Å². The number of carbonyl (C=O) groups excluding carboxylic acids is 1. The Morgan fingerprint density at radius 1 is 0.923 bits per heavy atom. The number of rotatable bonds is 7. The molecule has 0 N–H and O–H groups in total. The minimum absolute atomic E-state index is 0. The van der Waals surface area contributed by atoms with E-state index < -0.39 is 0 Å². The Kier molecular flexibility index (Phi) is 8.91. The SMILES string of the molecule is CCOc1ccc(PC(=O)c2c(C)cc(C)c(C)c2C)c(OCC)c1.[LiH]. The molecule has 0 spiro atoms. The third-order valence-electron chi connectivity index (χ3n) is 4.40. The zero-order valence-electron chi connectivity index (χ0n) is 15.9. The summed E-state index contributed by atoms with van der Waals surface area (Å²) in [6, 6.07) is 7.82. The summed E-state index contributed by atoms with van der Waals surface area (Å²) in [5.74, 6) is 1.50. The second-order valence-corrected chi connectivity index (χ2v) is 7.36. The second kappa shape index (κ2) is 10.2. The van der Waals surface area contributed by atoms with E-state index in [0.29, 0.717) is 13.2 Å². The number of aryl methyl sites for hydroxylation is 2. The van der Waals surface area contributed by atoms with Crippen LogP contribution in [0.15, 0.2) is 24.3 Å². The standard InChI is InChI=1S/C21H27O3P.Li.H/c1-7-23-17-9-10-19(18(12-17)24-8-2)25-21(22)20-14(4)11-13(3)15(5)16(20)6;;/h9-12,25H,7-8H2,1-6H3;;. The Morgan fingerprint density at radius 3 is 2.19 bits per heavy atom. The van der Waals surface area contributed by atoms with Crippen LogP contribution >= 0.6 is 8.58 Å². The molecule has 0 aliphatic heterocycles. The third kappa shape index (κ3) is 5.14. The first-order valence-corrected chi connectivity index (χ1v) is 9.67. The van der Waals surface area contributed by atoms with Gasteiger partial charge in [-0.15, -0.1) is 0 Å². The summed E-state index contributed by atoms with van der Waals surface area (Å²) in [7, 11) is 0.0293. The molecule has 136 valence electrons. The fourth-order valence-electron chi connectivity index (χ4n) is 2.96. The number of ether oxygens (including phenoxy) is 2. The van der Waals surface area contributed by atoms with Crippen molar-refractivity contribution in [2.75, 3.05) is 13.2 Å². The average Bonchev–Trinajstić information content (AvgIpc) is 2.55. The minimum atomic E-state index is 0. The Balaban J connectivity index is 0.00000338. The predicted octanol–water partition coefficient (Wildman–Crippen LogP) is 4.21. The maximum atomic E-state index is 13.0. The first-order valence-electron chi connectivity index (χ1n) is 8.67. The summed E-state index contributed by atoms with van der Waals surface area (Å²) in [6.07, 6.45) is 0. The number of carbonyl (C=O) groups is 1. The van der Waals surface area contributed by atoms with Crippen LogP contribution in [-0.2, 0) is 0 Å². The Bertz CT molecular complexity index is 787. The van der Waals surface area contributed by atoms with Crippen LogP contribution in [0.2, 0.25) is 0 Å². The molecule has 5 heteroatoms. The summed E-state index contributed by atoms with van der Waals surface area (Å²) in [6.45, 7) is 13.3. The molecule has 0 aliphatic rings. The summed E-state index contributed by atoms with van der Waals surface area (Å²) in [5.41, 5.74) is 5.54. The van der Waals surface area contributed by atoms with E-state index in [1.54, 1.807) is 0 Å². The van der Waals surface area contributed by atoms with Crippen molar-refractivity contribution in [3.05, 3.63) is 52.1 Å². The fraction of sp³-hybridized carbons (Fsp3) is 0.381. The van der Waals surface area contributed by atoms with Crippen LogP contribution in [0.4, 0.5) is 0 Å². The van der Waals surface area contributed by atoms with Gasteiger partial charge in [0.05, 0.1) is 13.2 Å². The molecule has 26 heavy (non-hydrogen) atoms. The molecule has 0 aliphatic carbocycles. The van der Waals surface area contributed by atoms with Crippen molar-refractivity contribution in [1.29, 1.82) is 0 Å². The maximum absolute atomic E-state index is 13.0. The molecule has 2 aromatic rings. The predicted molar refractivity (Wildman–Crippen MR) is 114 cm³/mol. The topological polar surface area (TPSA) is 35.5 Å². The van der Waals surface area contributed by atoms with Crippen LogP contribution in [0.1, 0.15) is 46.5 Å². The monoisotopic (exact) mass is 366 g/mol. The molecule has 0 saturated heterocycles. The van der Waals surface area contributed by atoms with Gasteiger partial charge in [0, 0.05) is 16.9 Å². The van der Waals surface area contributed by atoms with Crippen LogP contribution in [0.25, 0.3) is 0 Å². The molecule has 0 saturated carbocycles. The van der Waals surface area contributed by atoms with Crippen molar-refractivity contribution >= 4 is 38.3 Å². The van der Waals surface area contributed by atoms with Gasteiger partial charge in [0.2, 0.25) is 0 Å². The van der Waals surface area contributed by atoms with Gasteiger partial charge in [-0.25, -0.2) is 0 Å². The van der Waals surface area contributed by atoms with E-state index in [1.165, 1.54) is 11.1 Å². The first-order chi connectivity index (χ1) is 11.9. The average molecular weight is 366 g/mol. The van der Waals surface area contributed by atoms with Crippen molar-refractivity contribution in [3.63, 3.8) is 0 Å². The molecule has 1 unspecified atom stereocenters. The molecule has 0 aromatic heterocycles. The molecule has 2 aromatic carbocycles. The van der Waals surface area contributed by atoms with Gasteiger partial charge >= 0.3 is 18.9 Å². The van der Waals surface area contributed by atoms with Gasteiger partial charge in [-0.3, -0.25) is 4.79 Å². The van der Waals surface area contributed by atoms with E-state index in [2.05, 4.69) is 19.9 Å². The van der Waals surface area contributed by atoms with Gasteiger partial charge < -0.3 is 9.47 Å². The molecule has 0 amide bonds. The van der Waals surface area contributed by atoms with Crippen LogP contribution in [-0.4, -0.2) is 37.6 Å². The molecule has 0 fully saturated rings. The van der Waals surface area contributed by atoms with Crippen molar-refractivity contribution < 1.29 is 14.3 Å². The first kappa shape index (κ1) is 22.8. The Hall–Kier alpha value is -1.26. The third-order valence-corrected chi connectivity index (χ3v) is 5.56. The molecule has 0 heterocycles.